The molecular weight excluding hydrogens is 627 g/mol. The maximum atomic E-state index is 8.63. The zero-order valence-corrected chi connectivity index (χ0v) is 23.0. The van der Waals surface area contributed by atoms with Crippen LogP contribution in [0.15, 0.2) is 85.3 Å². The molecule has 2 aliphatic carbocycles. The molecule has 4 aromatic rings. The normalized spacial score (nSPS) is 18.3. The van der Waals surface area contributed by atoms with Crippen molar-refractivity contribution in [3.05, 3.63) is 103 Å². The molecule has 3 aromatic heterocycles. The van der Waals surface area contributed by atoms with Gasteiger partial charge in [-0.25, -0.2) is 0 Å². The van der Waals surface area contributed by atoms with Gasteiger partial charge in [0.15, 0.2) is 0 Å². The van der Waals surface area contributed by atoms with E-state index in [0.717, 1.165) is 25.7 Å². The fraction of sp³-hybridized carbons (Fsp3) is 0.400. The smallest absolute Gasteiger partial charge is 0.115 e. The molecule has 0 amide bonds. The molecule has 6 rings (SSSR count). The van der Waals surface area contributed by atoms with Gasteiger partial charge in [0.05, 0.1) is 16.9 Å². The summed E-state index contributed by atoms with van der Waals surface area (Å²) in [6, 6.07) is 21.5. The predicted octanol–water partition coefficient (Wildman–Crippen LogP) is 6.68. The van der Waals surface area contributed by atoms with E-state index in [9.17, 15) is 0 Å². The Balaban J connectivity index is 0.000000331. The number of para-hydroxylation sites is 1. The number of phenolic OH excluding ortho intramolecular Hbond substituents is 1. The minimum atomic E-state index is -0.103. The molecule has 2 aliphatic rings. The molecule has 192 valence electrons. The number of benzene rings is 1. The van der Waals surface area contributed by atoms with Gasteiger partial charge in [-0.05, 0) is 56.0 Å². The Morgan fingerprint density at radius 1 is 0.694 bits per heavy atom. The summed E-state index contributed by atoms with van der Waals surface area (Å²) < 4.78 is 4.47. The zero-order valence-electron chi connectivity index (χ0n) is 20.7. The molecule has 0 radical (unpaired) electrons. The fourth-order valence-electron chi connectivity index (χ4n) is 5.96. The van der Waals surface area contributed by atoms with Crippen molar-refractivity contribution in [1.29, 1.82) is 0 Å². The van der Waals surface area contributed by atoms with Crippen LogP contribution in [0.5, 0.6) is 5.75 Å². The summed E-state index contributed by atoms with van der Waals surface area (Å²) in [5, 5.41) is 13.3. The van der Waals surface area contributed by atoms with Crippen molar-refractivity contribution in [3.8, 4) is 5.75 Å². The number of hydrogen-bond acceptors (Lipinski definition) is 3. The second-order valence-corrected chi connectivity index (χ2v) is 9.89. The summed E-state index contributed by atoms with van der Waals surface area (Å²) in [5.41, 5.74) is 2.23. The predicted molar refractivity (Wildman–Crippen MR) is 138 cm³/mol. The number of pyridine rings is 1. The SMILES string of the molecule is Oc1ccccc1.[Pt].[c-]1cccn1C1(c2cccc(C3(n4cccn4)CCCCC3)n2)CCCCC1. The molecule has 6 heteroatoms. The van der Waals surface area contributed by atoms with E-state index >= 15 is 0 Å². The van der Waals surface area contributed by atoms with Crippen molar-refractivity contribution in [2.45, 2.75) is 75.3 Å². The van der Waals surface area contributed by atoms with Gasteiger partial charge in [0.2, 0.25) is 0 Å². The van der Waals surface area contributed by atoms with Gasteiger partial charge in [-0.3, -0.25) is 9.67 Å². The number of aromatic nitrogens is 4. The standard InChI is InChI=1S/C24H29N4.C6H6O.Pt/c1-3-13-23(14-4-1,27-18-7-8-19-27)21-11-9-12-22(26-21)24(15-5-2-6-16-24)28-20-10-17-25-28;7-6-4-2-1-3-5-6;/h7-12,17-18,20H,1-6,13-16H2;1-5,7H;/q-1;;. The molecular formula is C30H35N4OPt-. The fourth-order valence-corrected chi connectivity index (χ4v) is 5.96. The summed E-state index contributed by atoms with van der Waals surface area (Å²) in [5.74, 6) is 0.322. The topological polar surface area (TPSA) is 55.9 Å². The van der Waals surface area contributed by atoms with Crippen LogP contribution in [0.4, 0.5) is 0 Å². The number of hydrogen-bond donors (Lipinski definition) is 1. The third-order valence-electron chi connectivity index (χ3n) is 7.77. The third-order valence-corrected chi connectivity index (χ3v) is 7.77. The second kappa shape index (κ2) is 12.1. The van der Waals surface area contributed by atoms with Crippen LogP contribution in [0.3, 0.4) is 0 Å². The molecule has 36 heavy (non-hydrogen) atoms. The van der Waals surface area contributed by atoms with Crippen molar-refractivity contribution >= 4 is 0 Å². The second-order valence-electron chi connectivity index (χ2n) is 9.89. The van der Waals surface area contributed by atoms with Gasteiger partial charge < -0.3 is 9.67 Å². The molecule has 1 aromatic carbocycles. The number of phenols is 1. The Morgan fingerprint density at radius 2 is 1.33 bits per heavy atom. The van der Waals surface area contributed by atoms with E-state index in [1.807, 2.05) is 24.4 Å². The molecule has 5 nitrogen and oxygen atoms in total. The van der Waals surface area contributed by atoms with Gasteiger partial charge in [0.1, 0.15) is 11.3 Å². The Kier molecular flexibility index (Phi) is 8.85. The first-order chi connectivity index (χ1) is 17.2. The summed E-state index contributed by atoms with van der Waals surface area (Å²) in [7, 11) is 0. The molecule has 2 saturated carbocycles. The average Bonchev–Trinajstić information content (AvgIpc) is 3.66. The van der Waals surface area contributed by atoms with Gasteiger partial charge in [-0.1, -0.05) is 62.8 Å². The quantitative estimate of drug-likeness (QED) is 0.248. The van der Waals surface area contributed by atoms with E-state index in [0.29, 0.717) is 5.75 Å². The summed E-state index contributed by atoms with van der Waals surface area (Å²) in [6.07, 6.45) is 21.8. The molecule has 2 fully saturated rings. The maximum Gasteiger partial charge on any atom is 0.115 e. The van der Waals surface area contributed by atoms with Crippen LogP contribution >= 0.6 is 0 Å². The first-order valence-corrected chi connectivity index (χ1v) is 13.0. The van der Waals surface area contributed by atoms with Crippen molar-refractivity contribution in [1.82, 2.24) is 19.3 Å². The van der Waals surface area contributed by atoms with Crippen molar-refractivity contribution in [2.75, 3.05) is 0 Å². The zero-order chi connectivity index (χ0) is 24.0. The van der Waals surface area contributed by atoms with Crippen molar-refractivity contribution in [3.63, 3.8) is 0 Å². The largest absolute Gasteiger partial charge is 0.508 e. The summed E-state index contributed by atoms with van der Waals surface area (Å²) >= 11 is 0. The van der Waals surface area contributed by atoms with Gasteiger partial charge in [-0.15, -0.1) is 12.4 Å². The molecule has 0 unspecified atom stereocenters. The molecule has 0 aliphatic heterocycles. The molecule has 1 N–H and O–H groups in total. The van der Waals surface area contributed by atoms with Crippen LogP contribution in [0, 0.1) is 6.20 Å². The van der Waals surface area contributed by atoms with E-state index in [1.165, 1.54) is 49.9 Å². The van der Waals surface area contributed by atoms with E-state index in [1.54, 1.807) is 24.3 Å². The maximum absolute atomic E-state index is 8.63. The first kappa shape index (κ1) is 26.4. The summed E-state index contributed by atoms with van der Waals surface area (Å²) in [6.45, 7) is 0. The van der Waals surface area contributed by atoms with Crippen LogP contribution in [0.2, 0.25) is 0 Å². The van der Waals surface area contributed by atoms with Crippen LogP contribution in [-0.2, 0) is 32.1 Å². The molecule has 0 spiro atoms. The van der Waals surface area contributed by atoms with Gasteiger partial charge >= 0.3 is 0 Å². The van der Waals surface area contributed by atoms with Crippen LogP contribution in [0.1, 0.15) is 75.6 Å². The molecule has 0 bridgehead atoms. The number of aromatic hydroxyl groups is 1. The van der Waals surface area contributed by atoms with Gasteiger partial charge in [-0.2, -0.15) is 17.2 Å². The average molecular weight is 663 g/mol. The van der Waals surface area contributed by atoms with E-state index in [2.05, 4.69) is 57.2 Å². The Bertz CT molecular complexity index is 1090. The van der Waals surface area contributed by atoms with E-state index in [4.69, 9.17) is 10.1 Å². The van der Waals surface area contributed by atoms with E-state index < -0.39 is 0 Å². The Morgan fingerprint density at radius 3 is 1.86 bits per heavy atom. The van der Waals surface area contributed by atoms with Crippen molar-refractivity contribution in [2.24, 2.45) is 0 Å². The molecule has 0 saturated heterocycles. The third kappa shape index (κ3) is 5.37. The van der Waals surface area contributed by atoms with Crippen LogP contribution in [-0.4, -0.2) is 24.4 Å². The number of rotatable bonds is 4. The first-order valence-electron chi connectivity index (χ1n) is 13.0. The van der Waals surface area contributed by atoms with Crippen molar-refractivity contribution < 1.29 is 26.2 Å². The minimum Gasteiger partial charge on any atom is -0.508 e. The number of nitrogens with zero attached hydrogens (tertiary/aromatic N) is 4. The minimum absolute atomic E-state index is 0. The van der Waals surface area contributed by atoms with Gasteiger partial charge in [0.25, 0.3) is 0 Å². The molecule has 0 atom stereocenters. The van der Waals surface area contributed by atoms with E-state index in [-0.39, 0.29) is 32.1 Å². The Hall–Kier alpha value is -2.65. The summed E-state index contributed by atoms with van der Waals surface area (Å²) in [4.78, 5) is 5.37. The molecule has 3 heterocycles. The van der Waals surface area contributed by atoms with Crippen LogP contribution in [0.25, 0.3) is 0 Å². The van der Waals surface area contributed by atoms with Gasteiger partial charge in [0, 0.05) is 33.5 Å². The Labute approximate surface area is 228 Å². The monoisotopic (exact) mass is 662 g/mol. The van der Waals surface area contributed by atoms with Crippen LogP contribution < -0.4 is 0 Å².